The minimum atomic E-state index is -0.138. The first-order valence-electron chi connectivity index (χ1n) is 10.3. The first kappa shape index (κ1) is 20.1. The van der Waals surface area contributed by atoms with Crippen molar-refractivity contribution in [1.82, 2.24) is 5.32 Å². The number of hydrogen-bond donors (Lipinski definition) is 1. The monoisotopic (exact) mass is 436 g/mol. The van der Waals surface area contributed by atoms with E-state index in [4.69, 9.17) is 4.74 Å². The van der Waals surface area contributed by atoms with Gasteiger partial charge in [0.25, 0.3) is 5.91 Å². The number of fused-ring (bicyclic) bond motifs is 1. The fraction of sp³-hybridized carbons (Fsp3) is 0.0370. The molecule has 1 heterocycles. The number of nitrogens with one attached hydrogen (secondary N) is 1. The van der Waals surface area contributed by atoms with E-state index >= 15 is 0 Å². The number of amidine groups is 1. The van der Waals surface area contributed by atoms with Crippen LogP contribution in [0.15, 0.2) is 107 Å². The zero-order valence-corrected chi connectivity index (χ0v) is 18.0. The summed E-state index contributed by atoms with van der Waals surface area (Å²) in [5, 5.41) is 5.81. The molecule has 0 radical (unpaired) electrons. The maximum Gasteiger partial charge on any atom is 0.264 e. The third kappa shape index (κ3) is 4.58. The van der Waals surface area contributed by atoms with Crippen LogP contribution in [0, 0.1) is 0 Å². The van der Waals surface area contributed by atoms with Gasteiger partial charge in [0.1, 0.15) is 12.4 Å². The lowest BCUT2D eigenvalue weighted by Gasteiger charge is -2.09. The van der Waals surface area contributed by atoms with E-state index in [1.165, 1.54) is 22.5 Å². The van der Waals surface area contributed by atoms with Crippen LogP contribution in [0.3, 0.4) is 0 Å². The molecular formula is C27H20N2O2S. The molecular weight excluding hydrogens is 416 g/mol. The predicted octanol–water partition coefficient (Wildman–Crippen LogP) is 6.31. The minimum Gasteiger partial charge on any atom is -0.489 e. The first-order chi connectivity index (χ1) is 15.7. The highest BCUT2D eigenvalue weighted by atomic mass is 32.2. The molecule has 0 spiro atoms. The summed E-state index contributed by atoms with van der Waals surface area (Å²) < 4.78 is 6.01. The number of thioether (sulfide) groups is 1. The van der Waals surface area contributed by atoms with Gasteiger partial charge in [-0.3, -0.25) is 4.79 Å². The Morgan fingerprint density at radius 1 is 0.844 bits per heavy atom. The van der Waals surface area contributed by atoms with Crippen LogP contribution in [0.2, 0.25) is 0 Å². The number of carbonyl (C=O) groups excluding carboxylic acids is 1. The van der Waals surface area contributed by atoms with E-state index in [9.17, 15) is 4.79 Å². The SMILES string of the molecule is O=C1NC(=Nc2ccccc2)S/C1=C/c1ccc(OCc2cccc3ccccc23)cc1. The third-order valence-corrected chi connectivity index (χ3v) is 6.00. The van der Waals surface area contributed by atoms with E-state index in [0.717, 1.165) is 22.6 Å². The minimum absolute atomic E-state index is 0.138. The summed E-state index contributed by atoms with van der Waals surface area (Å²) >= 11 is 1.34. The van der Waals surface area contributed by atoms with E-state index in [2.05, 4.69) is 40.6 Å². The van der Waals surface area contributed by atoms with E-state index in [-0.39, 0.29) is 5.91 Å². The summed E-state index contributed by atoms with van der Waals surface area (Å²) in [4.78, 5) is 17.4. The van der Waals surface area contributed by atoms with Crippen molar-refractivity contribution in [2.24, 2.45) is 4.99 Å². The Labute approximate surface area is 190 Å². The Kier molecular flexibility index (Phi) is 5.73. The van der Waals surface area contributed by atoms with Crippen molar-refractivity contribution in [3.05, 3.63) is 113 Å². The van der Waals surface area contributed by atoms with Gasteiger partial charge in [0.15, 0.2) is 5.17 Å². The quantitative estimate of drug-likeness (QED) is 0.373. The van der Waals surface area contributed by atoms with Crippen molar-refractivity contribution in [1.29, 1.82) is 0 Å². The average Bonchev–Trinajstić information content (AvgIpc) is 3.17. The molecule has 4 nitrogen and oxygen atoms in total. The Morgan fingerprint density at radius 3 is 2.44 bits per heavy atom. The third-order valence-electron chi connectivity index (χ3n) is 5.09. The molecule has 1 aliphatic rings. The molecule has 4 aromatic carbocycles. The van der Waals surface area contributed by atoms with Gasteiger partial charge in [-0.05, 0) is 64.0 Å². The van der Waals surface area contributed by atoms with Gasteiger partial charge in [0.05, 0.1) is 10.6 Å². The number of ether oxygens (including phenoxy) is 1. The molecule has 0 aliphatic carbocycles. The van der Waals surface area contributed by atoms with Crippen LogP contribution in [-0.2, 0) is 11.4 Å². The van der Waals surface area contributed by atoms with Crippen molar-refractivity contribution in [2.45, 2.75) is 6.61 Å². The predicted molar refractivity (Wildman–Crippen MR) is 132 cm³/mol. The molecule has 0 saturated carbocycles. The lowest BCUT2D eigenvalue weighted by atomic mass is 10.1. The number of aliphatic imine (C=N–C) groups is 1. The lowest BCUT2D eigenvalue weighted by molar-refractivity contribution is -0.115. The standard InChI is InChI=1S/C27H20N2O2S/c30-26-25(32-27(29-26)28-22-10-2-1-3-11-22)17-19-13-15-23(16-14-19)31-18-21-9-6-8-20-7-4-5-12-24(20)21/h1-17H,18H2,(H,28,29,30)/b25-17+. The van der Waals surface area contributed by atoms with Gasteiger partial charge in [0, 0.05) is 0 Å². The number of para-hydroxylation sites is 1. The Balaban J connectivity index is 1.26. The van der Waals surface area contributed by atoms with Crippen molar-refractivity contribution in [3.8, 4) is 5.75 Å². The molecule has 156 valence electrons. The molecule has 1 aliphatic heterocycles. The maximum absolute atomic E-state index is 12.3. The summed E-state index contributed by atoms with van der Waals surface area (Å²) in [6, 6.07) is 31.9. The fourth-order valence-electron chi connectivity index (χ4n) is 3.49. The second-order valence-corrected chi connectivity index (χ2v) is 8.34. The summed E-state index contributed by atoms with van der Waals surface area (Å²) in [5.41, 5.74) is 2.89. The largest absolute Gasteiger partial charge is 0.489 e. The number of hydrogen-bond acceptors (Lipinski definition) is 4. The number of benzene rings is 4. The Bertz CT molecular complexity index is 1320. The van der Waals surface area contributed by atoms with Crippen molar-refractivity contribution in [3.63, 3.8) is 0 Å². The Morgan fingerprint density at radius 2 is 1.59 bits per heavy atom. The van der Waals surface area contributed by atoms with Crippen LogP contribution >= 0.6 is 11.8 Å². The van der Waals surface area contributed by atoms with Gasteiger partial charge >= 0.3 is 0 Å². The highest BCUT2D eigenvalue weighted by molar-refractivity contribution is 8.18. The molecule has 1 saturated heterocycles. The van der Waals surface area contributed by atoms with Gasteiger partial charge in [-0.1, -0.05) is 72.8 Å². The second kappa shape index (κ2) is 9.12. The van der Waals surface area contributed by atoms with Crippen LogP contribution in [0.25, 0.3) is 16.8 Å². The van der Waals surface area contributed by atoms with E-state index in [1.807, 2.05) is 72.8 Å². The zero-order valence-electron chi connectivity index (χ0n) is 17.2. The Hall–Kier alpha value is -3.83. The zero-order chi connectivity index (χ0) is 21.8. The van der Waals surface area contributed by atoms with Crippen LogP contribution < -0.4 is 10.1 Å². The molecule has 0 aromatic heterocycles. The molecule has 1 fully saturated rings. The van der Waals surface area contributed by atoms with E-state index < -0.39 is 0 Å². The maximum atomic E-state index is 12.3. The van der Waals surface area contributed by atoms with Gasteiger partial charge in [0.2, 0.25) is 0 Å². The van der Waals surface area contributed by atoms with Crippen LogP contribution in [0.1, 0.15) is 11.1 Å². The molecule has 1 N–H and O–H groups in total. The van der Waals surface area contributed by atoms with Crippen LogP contribution in [0.4, 0.5) is 5.69 Å². The van der Waals surface area contributed by atoms with Crippen molar-refractivity contribution < 1.29 is 9.53 Å². The van der Waals surface area contributed by atoms with Gasteiger partial charge in [-0.2, -0.15) is 0 Å². The van der Waals surface area contributed by atoms with Crippen LogP contribution in [0.5, 0.6) is 5.75 Å². The fourth-order valence-corrected chi connectivity index (χ4v) is 4.33. The number of amides is 1. The molecule has 0 bridgehead atoms. The lowest BCUT2D eigenvalue weighted by Crippen LogP contribution is -2.19. The smallest absolute Gasteiger partial charge is 0.264 e. The summed E-state index contributed by atoms with van der Waals surface area (Å²) in [5.74, 6) is 0.649. The molecule has 4 aromatic rings. The normalized spacial score (nSPS) is 15.9. The van der Waals surface area contributed by atoms with E-state index in [1.54, 1.807) is 0 Å². The molecule has 32 heavy (non-hydrogen) atoms. The number of nitrogens with zero attached hydrogens (tertiary/aromatic N) is 1. The van der Waals surface area contributed by atoms with Crippen molar-refractivity contribution in [2.75, 3.05) is 0 Å². The molecule has 0 atom stereocenters. The van der Waals surface area contributed by atoms with Crippen LogP contribution in [-0.4, -0.2) is 11.1 Å². The topological polar surface area (TPSA) is 50.7 Å². The second-order valence-electron chi connectivity index (χ2n) is 7.31. The number of rotatable bonds is 5. The van der Waals surface area contributed by atoms with Gasteiger partial charge in [-0.15, -0.1) is 0 Å². The molecule has 5 heteroatoms. The molecule has 1 amide bonds. The van der Waals surface area contributed by atoms with E-state index in [0.29, 0.717) is 16.7 Å². The van der Waals surface area contributed by atoms with Gasteiger partial charge in [-0.25, -0.2) is 4.99 Å². The molecule has 5 rings (SSSR count). The highest BCUT2D eigenvalue weighted by Crippen LogP contribution is 2.28. The average molecular weight is 437 g/mol. The molecule has 0 unspecified atom stereocenters. The summed E-state index contributed by atoms with van der Waals surface area (Å²) in [6.07, 6.45) is 1.86. The van der Waals surface area contributed by atoms with Gasteiger partial charge < -0.3 is 10.1 Å². The number of carbonyl (C=O) groups is 1. The highest BCUT2D eigenvalue weighted by Gasteiger charge is 2.23. The summed E-state index contributed by atoms with van der Waals surface area (Å²) in [7, 11) is 0. The van der Waals surface area contributed by atoms with Crippen molar-refractivity contribution >= 4 is 45.4 Å². The summed E-state index contributed by atoms with van der Waals surface area (Å²) in [6.45, 7) is 0.499. The first-order valence-corrected chi connectivity index (χ1v) is 11.1.